The van der Waals surface area contributed by atoms with Gasteiger partial charge >= 0.3 is 0 Å². The fourth-order valence-electron chi connectivity index (χ4n) is 2.49. The molecule has 0 saturated heterocycles. The van der Waals surface area contributed by atoms with Crippen molar-refractivity contribution in [1.29, 1.82) is 0 Å². The van der Waals surface area contributed by atoms with Crippen LogP contribution in [0.15, 0.2) is 10.6 Å². The Kier molecular flexibility index (Phi) is 10.3. The lowest BCUT2D eigenvalue weighted by Gasteiger charge is -2.01. The molecule has 3 heteroatoms. The topological polar surface area (TPSA) is 46.3 Å². The van der Waals surface area contributed by atoms with Crippen molar-refractivity contribution in [2.75, 3.05) is 6.61 Å². The van der Waals surface area contributed by atoms with E-state index in [0.717, 1.165) is 17.9 Å². The summed E-state index contributed by atoms with van der Waals surface area (Å²) >= 11 is 0. The van der Waals surface area contributed by atoms with E-state index < -0.39 is 0 Å². The minimum atomic E-state index is 0.143. The number of nitrogens with zero attached hydrogens (tertiary/aromatic N) is 1. The van der Waals surface area contributed by atoms with Crippen molar-refractivity contribution in [3.63, 3.8) is 0 Å². The molecule has 0 amide bonds. The maximum absolute atomic E-state index is 8.81. The molecule has 0 saturated carbocycles. The highest BCUT2D eigenvalue weighted by molar-refractivity contribution is 5.05. The summed E-state index contributed by atoms with van der Waals surface area (Å²) in [6, 6.07) is 1.98. The van der Waals surface area contributed by atoms with Crippen LogP contribution < -0.4 is 0 Å². The van der Waals surface area contributed by atoms with E-state index in [0.29, 0.717) is 6.42 Å². The number of aryl methyl sites for hydroxylation is 1. The Bertz CT molecular complexity index is 323. The van der Waals surface area contributed by atoms with Gasteiger partial charge in [0.15, 0.2) is 0 Å². The second-order valence-corrected chi connectivity index (χ2v) is 5.69. The number of aliphatic hydroxyl groups is 1. The predicted molar refractivity (Wildman–Crippen MR) is 82.8 cm³/mol. The first-order valence-electron chi connectivity index (χ1n) is 8.42. The Morgan fingerprint density at radius 2 is 1.50 bits per heavy atom. The van der Waals surface area contributed by atoms with Gasteiger partial charge < -0.3 is 9.63 Å². The van der Waals surface area contributed by atoms with Gasteiger partial charge in [-0.15, -0.1) is 0 Å². The van der Waals surface area contributed by atoms with E-state index >= 15 is 0 Å². The first kappa shape index (κ1) is 17.2. The molecule has 116 valence electrons. The van der Waals surface area contributed by atoms with Crippen LogP contribution >= 0.6 is 0 Å². The molecule has 1 aromatic heterocycles. The number of hydrogen-bond acceptors (Lipinski definition) is 3. The van der Waals surface area contributed by atoms with Gasteiger partial charge in [-0.2, -0.15) is 0 Å². The van der Waals surface area contributed by atoms with Crippen molar-refractivity contribution in [3.8, 4) is 0 Å². The van der Waals surface area contributed by atoms with Crippen LogP contribution in [0.3, 0.4) is 0 Å². The van der Waals surface area contributed by atoms with Crippen molar-refractivity contribution < 1.29 is 9.63 Å². The molecule has 20 heavy (non-hydrogen) atoms. The highest BCUT2D eigenvalue weighted by Gasteiger charge is 2.03. The zero-order valence-electron chi connectivity index (χ0n) is 13.1. The SMILES string of the molecule is CCCCCCCCCCCCc1cc(CCO)no1. The molecule has 0 aliphatic rings. The summed E-state index contributed by atoms with van der Waals surface area (Å²) in [5.74, 6) is 0.966. The third-order valence-corrected chi connectivity index (χ3v) is 3.75. The Hall–Kier alpha value is -0.830. The van der Waals surface area contributed by atoms with Crippen LogP contribution in [0.5, 0.6) is 0 Å². The van der Waals surface area contributed by atoms with Crippen LogP contribution in [-0.2, 0) is 12.8 Å². The minimum absolute atomic E-state index is 0.143. The van der Waals surface area contributed by atoms with E-state index in [4.69, 9.17) is 9.63 Å². The van der Waals surface area contributed by atoms with E-state index in [9.17, 15) is 0 Å². The summed E-state index contributed by atoms with van der Waals surface area (Å²) in [6.45, 7) is 2.41. The zero-order valence-corrected chi connectivity index (χ0v) is 13.1. The van der Waals surface area contributed by atoms with Gasteiger partial charge in [0, 0.05) is 25.5 Å². The third-order valence-electron chi connectivity index (χ3n) is 3.75. The van der Waals surface area contributed by atoms with Crippen LogP contribution in [0.1, 0.15) is 82.6 Å². The van der Waals surface area contributed by atoms with Crippen molar-refractivity contribution in [2.45, 2.75) is 84.0 Å². The average molecular weight is 281 g/mol. The molecule has 1 heterocycles. The molecule has 0 aliphatic carbocycles. The van der Waals surface area contributed by atoms with E-state index in [1.165, 1.54) is 64.2 Å². The quantitative estimate of drug-likeness (QED) is 0.534. The van der Waals surface area contributed by atoms with Crippen LogP contribution in [-0.4, -0.2) is 16.9 Å². The fourth-order valence-corrected chi connectivity index (χ4v) is 2.49. The number of unbranched alkanes of at least 4 members (excludes halogenated alkanes) is 9. The highest BCUT2D eigenvalue weighted by atomic mass is 16.5. The molecule has 0 aromatic carbocycles. The van der Waals surface area contributed by atoms with Crippen LogP contribution in [0.4, 0.5) is 0 Å². The van der Waals surface area contributed by atoms with E-state index in [-0.39, 0.29) is 6.61 Å². The standard InChI is InChI=1S/C17H31NO2/c1-2-3-4-5-6-7-8-9-10-11-12-17-15-16(13-14-19)18-20-17/h15,19H,2-14H2,1H3. The molecular formula is C17H31NO2. The number of aliphatic hydroxyl groups excluding tert-OH is 1. The van der Waals surface area contributed by atoms with Crippen molar-refractivity contribution in [3.05, 3.63) is 17.5 Å². The lowest BCUT2D eigenvalue weighted by atomic mass is 10.1. The molecule has 1 N–H and O–H groups in total. The van der Waals surface area contributed by atoms with Gasteiger partial charge in [0.25, 0.3) is 0 Å². The number of hydrogen-bond donors (Lipinski definition) is 1. The van der Waals surface area contributed by atoms with Gasteiger partial charge in [0.1, 0.15) is 5.76 Å². The van der Waals surface area contributed by atoms with Crippen LogP contribution in [0.2, 0.25) is 0 Å². The molecule has 0 fully saturated rings. The van der Waals surface area contributed by atoms with Crippen LogP contribution in [0, 0.1) is 0 Å². The van der Waals surface area contributed by atoms with Gasteiger partial charge in [-0.25, -0.2) is 0 Å². The molecular weight excluding hydrogens is 250 g/mol. The van der Waals surface area contributed by atoms with Gasteiger partial charge in [-0.1, -0.05) is 69.9 Å². The molecule has 0 unspecified atom stereocenters. The van der Waals surface area contributed by atoms with Crippen molar-refractivity contribution in [2.24, 2.45) is 0 Å². The second-order valence-electron chi connectivity index (χ2n) is 5.69. The molecule has 1 aromatic rings. The molecule has 3 nitrogen and oxygen atoms in total. The van der Waals surface area contributed by atoms with E-state index in [2.05, 4.69) is 12.1 Å². The average Bonchev–Trinajstić information content (AvgIpc) is 2.89. The zero-order chi connectivity index (χ0) is 14.5. The molecule has 0 bridgehead atoms. The number of rotatable bonds is 13. The van der Waals surface area contributed by atoms with Gasteiger partial charge in [0.05, 0.1) is 5.69 Å². The maximum atomic E-state index is 8.81. The maximum Gasteiger partial charge on any atom is 0.137 e. The fraction of sp³-hybridized carbons (Fsp3) is 0.824. The third kappa shape index (κ3) is 8.36. The molecule has 0 spiro atoms. The first-order chi connectivity index (χ1) is 9.86. The largest absolute Gasteiger partial charge is 0.396 e. The molecule has 0 radical (unpaired) electrons. The summed E-state index contributed by atoms with van der Waals surface area (Å²) in [5.41, 5.74) is 0.870. The normalized spacial score (nSPS) is 11.1. The molecule has 0 atom stereocenters. The van der Waals surface area contributed by atoms with E-state index in [1.54, 1.807) is 0 Å². The Morgan fingerprint density at radius 3 is 2.10 bits per heavy atom. The summed E-state index contributed by atoms with van der Waals surface area (Å²) in [5, 5.41) is 12.7. The lowest BCUT2D eigenvalue weighted by molar-refractivity contribution is 0.293. The van der Waals surface area contributed by atoms with Gasteiger partial charge in [-0.05, 0) is 6.42 Å². The van der Waals surface area contributed by atoms with Gasteiger partial charge in [-0.3, -0.25) is 0 Å². The second kappa shape index (κ2) is 12.0. The van der Waals surface area contributed by atoms with Crippen LogP contribution in [0.25, 0.3) is 0 Å². The highest BCUT2D eigenvalue weighted by Crippen LogP contribution is 2.13. The monoisotopic (exact) mass is 281 g/mol. The Morgan fingerprint density at radius 1 is 0.900 bits per heavy atom. The molecule has 0 aliphatic heterocycles. The first-order valence-corrected chi connectivity index (χ1v) is 8.42. The van der Waals surface area contributed by atoms with E-state index in [1.807, 2.05) is 6.07 Å². The van der Waals surface area contributed by atoms with Gasteiger partial charge in [0.2, 0.25) is 0 Å². The Balaban J connectivity index is 1.89. The number of aromatic nitrogens is 1. The predicted octanol–water partition coefficient (Wildman–Crippen LogP) is 4.67. The smallest absolute Gasteiger partial charge is 0.137 e. The van der Waals surface area contributed by atoms with Crippen molar-refractivity contribution >= 4 is 0 Å². The molecule has 1 rings (SSSR count). The summed E-state index contributed by atoms with van der Waals surface area (Å²) in [4.78, 5) is 0. The lowest BCUT2D eigenvalue weighted by Crippen LogP contribution is -1.89. The van der Waals surface area contributed by atoms with Crippen molar-refractivity contribution in [1.82, 2.24) is 5.16 Å². The minimum Gasteiger partial charge on any atom is -0.396 e. The summed E-state index contributed by atoms with van der Waals surface area (Å²) in [6.07, 6.45) is 15.1. The Labute approximate surface area is 123 Å². The summed E-state index contributed by atoms with van der Waals surface area (Å²) < 4.78 is 5.24. The summed E-state index contributed by atoms with van der Waals surface area (Å²) in [7, 11) is 0.